The highest BCUT2D eigenvalue weighted by Crippen LogP contribution is 2.32. The summed E-state index contributed by atoms with van der Waals surface area (Å²) < 4.78 is 13.0. The average molecular weight is 572 g/mol. The molecule has 0 radical (unpaired) electrons. The Balaban J connectivity index is 1.62. The van der Waals surface area contributed by atoms with E-state index in [2.05, 4.69) is 4.99 Å². The number of benzene rings is 2. The molecule has 1 unspecified atom stereocenters. The molecule has 0 spiro atoms. The molecule has 0 N–H and O–H groups in total. The van der Waals surface area contributed by atoms with E-state index in [0.29, 0.717) is 42.2 Å². The number of nitrogens with zero attached hydrogens (tertiary/aromatic N) is 2. The standard InChI is InChI=1S/C27H20Cl2N2O4S2/c1-14-23(26(33)34-2)24(15-4-8-18(36-3)9-5-15)31-25(32)22(37-27(31)30-14)13-17-7-11-21(35-17)16-6-10-19(28)20(29)12-16/h4-13,24H,1-3H3. The first-order valence-corrected chi connectivity index (χ1v) is 13.9. The summed E-state index contributed by atoms with van der Waals surface area (Å²) in [6, 6.07) is 15.9. The SMILES string of the molecule is COC(=O)C1=C(C)N=c2sc(=Cc3ccc(-c4ccc(Cl)c(Cl)c4)o3)c(=O)n2C1c1ccc(SC)cc1. The molecular weight excluding hydrogens is 551 g/mol. The molecule has 37 heavy (non-hydrogen) atoms. The molecule has 0 fully saturated rings. The first kappa shape index (κ1) is 25.6. The van der Waals surface area contributed by atoms with Crippen molar-refractivity contribution in [3.8, 4) is 11.3 Å². The molecule has 0 bridgehead atoms. The molecule has 0 saturated heterocycles. The molecule has 10 heteroatoms. The van der Waals surface area contributed by atoms with Crippen LogP contribution in [0.3, 0.4) is 0 Å². The van der Waals surface area contributed by atoms with Gasteiger partial charge in [0.2, 0.25) is 0 Å². The van der Waals surface area contributed by atoms with Crippen molar-refractivity contribution in [2.45, 2.75) is 17.9 Å². The van der Waals surface area contributed by atoms with Crippen LogP contribution in [0.15, 0.2) is 85.0 Å². The van der Waals surface area contributed by atoms with Crippen LogP contribution >= 0.6 is 46.3 Å². The number of fused-ring (bicyclic) bond motifs is 1. The smallest absolute Gasteiger partial charge is 0.338 e. The van der Waals surface area contributed by atoms with Crippen molar-refractivity contribution in [1.29, 1.82) is 0 Å². The van der Waals surface area contributed by atoms with E-state index in [-0.39, 0.29) is 5.56 Å². The summed E-state index contributed by atoms with van der Waals surface area (Å²) in [6.07, 6.45) is 3.67. The van der Waals surface area contributed by atoms with Crippen LogP contribution in [0.25, 0.3) is 17.4 Å². The molecule has 2 aromatic heterocycles. The van der Waals surface area contributed by atoms with Gasteiger partial charge in [-0.1, -0.05) is 46.7 Å². The lowest BCUT2D eigenvalue weighted by Gasteiger charge is -2.24. The molecule has 0 aliphatic carbocycles. The molecule has 0 saturated carbocycles. The summed E-state index contributed by atoms with van der Waals surface area (Å²) in [5.74, 6) is 0.566. The number of furan rings is 1. The Morgan fingerprint density at radius 3 is 2.57 bits per heavy atom. The number of hydrogen-bond donors (Lipinski definition) is 0. The lowest BCUT2D eigenvalue weighted by Crippen LogP contribution is -2.39. The van der Waals surface area contributed by atoms with Crippen molar-refractivity contribution in [2.75, 3.05) is 13.4 Å². The maximum absolute atomic E-state index is 13.7. The number of methoxy groups -OCH3 is 1. The molecule has 1 aliphatic rings. The summed E-state index contributed by atoms with van der Waals surface area (Å²) in [7, 11) is 1.32. The van der Waals surface area contributed by atoms with Gasteiger partial charge in [0, 0.05) is 16.5 Å². The van der Waals surface area contributed by atoms with E-state index in [4.69, 9.17) is 32.4 Å². The van der Waals surface area contributed by atoms with Crippen molar-refractivity contribution in [1.82, 2.24) is 4.57 Å². The fraction of sp³-hybridized carbons (Fsp3) is 0.148. The Labute approximate surface area is 230 Å². The summed E-state index contributed by atoms with van der Waals surface area (Å²) in [6.45, 7) is 1.75. The highest BCUT2D eigenvalue weighted by molar-refractivity contribution is 7.98. The summed E-state index contributed by atoms with van der Waals surface area (Å²) >= 11 is 15.0. The lowest BCUT2D eigenvalue weighted by atomic mass is 9.96. The predicted molar refractivity (Wildman–Crippen MR) is 148 cm³/mol. The average Bonchev–Trinajstić information content (AvgIpc) is 3.49. The molecule has 0 amide bonds. The number of esters is 1. The fourth-order valence-electron chi connectivity index (χ4n) is 4.16. The summed E-state index contributed by atoms with van der Waals surface area (Å²) in [4.78, 5) is 32.6. The zero-order chi connectivity index (χ0) is 26.3. The minimum atomic E-state index is -0.662. The molecule has 188 valence electrons. The quantitative estimate of drug-likeness (QED) is 0.227. The van der Waals surface area contributed by atoms with Crippen molar-refractivity contribution >= 4 is 58.3 Å². The number of halogens is 2. The first-order valence-electron chi connectivity index (χ1n) is 11.1. The van der Waals surface area contributed by atoms with Crippen LogP contribution in [0.2, 0.25) is 10.0 Å². The Hall–Kier alpha value is -3.04. The number of thiazole rings is 1. The first-order chi connectivity index (χ1) is 17.8. The number of aromatic nitrogens is 1. The van der Waals surface area contributed by atoms with E-state index in [1.54, 1.807) is 53.6 Å². The second-order valence-corrected chi connectivity index (χ2v) is 10.9. The molecular formula is C27H20Cl2N2O4S2. The van der Waals surface area contributed by atoms with Crippen LogP contribution in [-0.4, -0.2) is 23.9 Å². The second kappa shape index (κ2) is 10.4. The van der Waals surface area contributed by atoms with E-state index >= 15 is 0 Å². The molecule has 6 nitrogen and oxygen atoms in total. The Bertz CT molecular complexity index is 1730. The van der Waals surface area contributed by atoms with Gasteiger partial charge < -0.3 is 9.15 Å². The van der Waals surface area contributed by atoms with Gasteiger partial charge in [0.15, 0.2) is 4.80 Å². The lowest BCUT2D eigenvalue weighted by molar-refractivity contribution is -0.136. The Morgan fingerprint density at radius 1 is 1.14 bits per heavy atom. The van der Waals surface area contributed by atoms with Crippen molar-refractivity contribution in [3.05, 3.63) is 107 Å². The highest BCUT2D eigenvalue weighted by Gasteiger charge is 2.33. The number of allylic oxidation sites excluding steroid dienone is 1. The van der Waals surface area contributed by atoms with Crippen LogP contribution in [0.5, 0.6) is 0 Å². The third-order valence-electron chi connectivity index (χ3n) is 5.96. The van der Waals surface area contributed by atoms with Gasteiger partial charge in [0.1, 0.15) is 11.5 Å². The van der Waals surface area contributed by atoms with Gasteiger partial charge in [0.25, 0.3) is 5.56 Å². The van der Waals surface area contributed by atoms with Crippen LogP contribution in [-0.2, 0) is 9.53 Å². The monoisotopic (exact) mass is 570 g/mol. The van der Waals surface area contributed by atoms with Crippen molar-refractivity contribution < 1.29 is 13.9 Å². The van der Waals surface area contributed by atoms with E-state index in [1.807, 2.05) is 36.6 Å². The van der Waals surface area contributed by atoms with Crippen LogP contribution < -0.4 is 14.9 Å². The van der Waals surface area contributed by atoms with Crippen molar-refractivity contribution in [2.24, 2.45) is 4.99 Å². The predicted octanol–water partition coefficient (Wildman–Crippen LogP) is 5.70. The summed E-state index contributed by atoms with van der Waals surface area (Å²) in [5.41, 5.74) is 2.13. The van der Waals surface area contributed by atoms with Gasteiger partial charge in [-0.05, 0) is 61.2 Å². The molecule has 3 heterocycles. The molecule has 2 aromatic carbocycles. The summed E-state index contributed by atoms with van der Waals surface area (Å²) in [5, 5.41) is 0.880. The van der Waals surface area contributed by atoms with Crippen LogP contribution in [0, 0.1) is 0 Å². The maximum Gasteiger partial charge on any atom is 0.338 e. The number of rotatable bonds is 5. The zero-order valence-corrected chi connectivity index (χ0v) is 23.1. The third kappa shape index (κ3) is 4.82. The topological polar surface area (TPSA) is 73.8 Å². The number of hydrogen-bond acceptors (Lipinski definition) is 7. The van der Waals surface area contributed by atoms with E-state index < -0.39 is 12.0 Å². The number of carbonyl (C=O) groups excluding carboxylic acids is 1. The minimum Gasteiger partial charge on any atom is -0.466 e. The van der Waals surface area contributed by atoms with Gasteiger partial charge in [-0.2, -0.15) is 0 Å². The van der Waals surface area contributed by atoms with Crippen LogP contribution in [0.1, 0.15) is 24.3 Å². The minimum absolute atomic E-state index is 0.274. The molecule has 4 aromatic rings. The second-order valence-electron chi connectivity index (χ2n) is 8.18. The third-order valence-corrected chi connectivity index (χ3v) is 8.43. The van der Waals surface area contributed by atoms with E-state index in [9.17, 15) is 9.59 Å². The van der Waals surface area contributed by atoms with Gasteiger partial charge in [-0.15, -0.1) is 11.8 Å². The normalized spacial score (nSPS) is 15.5. The number of thioether (sulfide) groups is 1. The molecule has 5 rings (SSSR count). The number of ether oxygens (including phenoxy) is 1. The Morgan fingerprint density at radius 2 is 1.89 bits per heavy atom. The fourth-order valence-corrected chi connectivity index (χ4v) is 5.89. The van der Waals surface area contributed by atoms with E-state index in [0.717, 1.165) is 16.0 Å². The van der Waals surface area contributed by atoms with Crippen LogP contribution in [0.4, 0.5) is 0 Å². The largest absolute Gasteiger partial charge is 0.466 e. The van der Waals surface area contributed by atoms with Crippen molar-refractivity contribution in [3.63, 3.8) is 0 Å². The number of carbonyl (C=O) groups is 1. The Kier molecular flexibility index (Phi) is 7.18. The van der Waals surface area contributed by atoms with Gasteiger partial charge in [0.05, 0.1) is 39.0 Å². The highest BCUT2D eigenvalue weighted by atomic mass is 35.5. The zero-order valence-electron chi connectivity index (χ0n) is 20.0. The van der Waals surface area contributed by atoms with Gasteiger partial charge in [-0.25, -0.2) is 9.79 Å². The molecule has 1 atom stereocenters. The molecule has 1 aliphatic heterocycles. The van der Waals surface area contributed by atoms with Gasteiger partial charge in [-0.3, -0.25) is 9.36 Å². The van der Waals surface area contributed by atoms with Gasteiger partial charge >= 0.3 is 5.97 Å². The van der Waals surface area contributed by atoms with E-state index in [1.165, 1.54) is 18.4 Å². The maximum atomic E-state index is 13.7.